The Morgan fingerprint density at radius 2 is 1.85 bits per heavy atom. The third kappa shape index (κ3) is 1.91. The number of aromatic amines is 1. The smallest absolute Gasteiger partial charge is 0.199 e. The number of rotatable bonds is 3. The van der Waals surface area contributed by atoms with Crippen LogP contribution in [0.3, 0.4) is 0 Å². The van der Waals surface area contributed by atoms with E-state index in [1.165, 1.54) is 0 Å². The summed E-state index contributed by atoms with van der Waals surface area (Å²) in [7, 11) is 0. The molecule has 1 fully saturated rings. The van der Waals surface area contributed by atoms with E-state index in [1.54, 1.807) is 0 Å². The Labute approximate surface area is 151 Å². The standard InChI is InChI=1S/C21H18N4O/c1-14-18(15-7-3-2-4-8-15)23-25-19(14)24-22-16-9-10-17(26)21-12-6-5-11-20(16,21)13-21/h2-9,11-12H,10,13H2,1H3,(H,23,25). The average Bonchev–Trinajstić information content (AvgIpc) is 3.28. The lowest BCUT2D eigenvalue weighted by molar-refractivity contribution is -0.122. The number of hydrogen-bond donors (Lipinski definition) is 1. The quantitative estimate of drug-likeness (QED) is 0.812. The van der Waals surface area contributed by atoms with Crippen LogP contribution < -0.4 is 0 Å². The minimum atomic E-state index is -0.388. The number of benzene rings is 1. The van der Waals surface area contributed by atoms with E-state index < -0.39 is 0 Å². The van der Waals surface area contributed by atoms with Crippen molar-refractivity contribution in [1.29, 1.82) is 0 Å². The Morgan fingerprint density at radius 1 is 1.08 bits per heavy atom. The average molecular weight is 342 g/mol. The second-order valence-electron chi connectivity index (χ2n) is 7.17. The molecule has 1 heterocycles. The number of carbonyl (C=O) groups excluding carboxylic acids is 1. The van der Waals surface area contributed by atoms with Crippen molar-refractivity contribution in [3.63, 3.8) is 0 Å². The summed E-state index contributed by atoms with van der Waals surface area (Å²) in [5.41, 5.74) is 3.18. The lowest BCUT2D eigenvalue weighted by Crippen LogP contribution is -2.26. The molecular formula is C21H18N4O. The molecule has 2 atom stereocenters. The van der Waals surface area contributed by atoms with Gasteiger partial charge in [-0.2, -0.15) is 10.2 Å². The molecular weight excluding hydrogens is 324 g/mol. The summed E-state index contributed by atoms with van der Waals surface area (Å²) in [5, 5.41) is 16.3. The third-order valence-corrected chi connectivity index (χ3v) is 5.84. The maximum atomic E-state index is 12.4. The van der Waals surface area contributed by atoms with Crippen LogP contribution >= 0.6 is 0 Å². The molecule has 2 aromatic rings. The van der Waals surface area contributed by atoms with Crippen molar-refractivity contribution in [1.82, 2.24) is 10.2 Å². The zero-order valence-electron chi connectivity index (χ0n) is 14.4. The largest absolute Gasteiger partial charge is 0.298 e. The summed E-state index contributed by atoms with van der Waals surface area (Å²) >= 11 is 0. The van der Waals surface area contributed by atoms with Crippen molar-refractivity contribution in [2.24, 2.45) is 21.1 Å². The Hall–Kier alpha value is -3.08. The van der Waals surface area contributed by atoms with E-state index in [0.717, 1.165) is 28.9 Å². The maximum Gasteiger partial charge on any atom is 0.199 e. The molecule has 1 N–H and O–H groups in total. The summed E-state index contributed by atoms with van der Waals surface area (Å²) < 4.78 is 0. The minimum absolute atomic E-state index is 0.277. The van der Waals surface area contributed by atoms with Gasteiger partial charge in [-0.3, -0.25) is 9.89 Å². The number of carbonyl (C=O) groups is 1. The van der Waals surface area contributed by atoms with Gasteiger partial charge >= 0.3 is 0 Å². The van der Waals surface area contributed by atoms with Gasteiger partial charge in [0.15, 0.2) is 5.82 Å². The number of allylic oxidation sites excluding steroid dienone is 5. The normalized spacial score (nSPS) is 28.8. The summed E-state index contributed by atoms with van der Waals surface area (Å²) in [4.78, 5) is 12.4. The van der Waals surface area contributed by atoms with Gasteiger partial charge in [0.25, 0.3) is 0 Å². The molecule has 128 valence electrons. The topological polar surface area (TPSA) is 70.5 Å². The number of nitrogens with one attached hydrogen (secondary N) is 1. The van der Waals surface area contributed by atoms with Gasteiger partial charge in [-0.15, -0.1) is 5.11 Å². The highest BCUT2D eigenvalue weighted by atomic mass is 16.1. The van der Waals surface area contributed by atoms with Crippen molar-refractivity contribution in [2.75, 3.05) is 0 Å². The van der Waals surface area contributed by atoms with E-state index in [2.05, 4.69) is 26.5 Å². The molecule has 0 bridgehead atoms. The van der Waals surface area contributed by atoms with E-state index in [4.69, 9.17) is 0 Å². The molecule has 0 aliphatic heterocycles. The van der Waals surface area contributed by atoms with Crippen molar-refractivity contribution in [3.05, 3.63) is 72.0 Å². The Balaban J connectivity index is 1.47. The van der Waals surface area contributed by atoms with E-state index >= 15 is 0 Å². The fraction of sp³-hybridized carbons (Fsp3) is 0.238. The SMILES string of the molecule is Cc1c(N=NC2=CCC(=O)C34C=CC=CC23C4)n[nH]c1-c1ccccc1. The highest BCUT2D eigenvalue weighted by Gasteiger charge is 2.72. The van der Waals surface area contributed by atoms with Crippen molar-refractivity contribution < 1.29 is 4.79 Å². The van der Waals surface area contributed by atoms with Crippen LogP contribution in [0.5, 0.6) is 0 Å². The van der Waals surface area contributed by atoms with Crippen LogP contribution in [0.15, 0.2) is 76.6 Å². The number of azo groups is 1. The Bertz CT molecular complexity index is 1030. The van der Waals surface area contributed by atoms with E-state index in [1.807, 2.05) is 61.6 Å². The fourth-order valence-electron chi connectivity index (χ4n) is 4.25. The molecule has 0 spiro atoms. The zero-order chi connectivity index (χ0) is 17.8. The van der Waals surface area contributed by atoms with Crippen LogP contribution in [0.1, 0.15) is 18.4 Å². The van der Waals surface area contributed by atoms with Gasteiger partial charge in [-0.05, 0) is 18.9 Å². The number of Topliss-reactive ketones (excluding diaryl/α,β-unsaturated/α-hetero) is 1. The third-order valence-electron chi connectivity index (χ3n) is 5.84. The Kier molecular flexibility index (Phi) is 3.04. The van der Waals surface area contributed by atoms with Crippen LogP contribution in [0.2, 0.25) is 0 Å². The van der Waals surface area contributed by atoms with Crippen LogP contribution in [0, 0.1) is 17.8 Å². The van der Waals surface area contributed by atoms with E-state index in [-0.39, 0.29) is 16.6 Å². The molecule has 26 heavy (non-hydrogen) atoms. The van der Waals surface area contributed by atoms with Crippen molar-refractivity contribution in [2.45, 2.75) is 19.8 Å². The maximum absolute atomic E-state index is 12.4. The van der Waals surface area contributed by atoms with Gasteiger partial charge in [-0.25, -0.2) is 0 Å². The zero-order valence-corrected chi connectivity index (χ0v) is 14.4. The first-order valence-electron chi connectivity index (χ1n) is 8.79. The number of ketones is 1. The predicted molar refractivity (Wildman–Crippen MR) is 98.7 cm³/mol. The highest BCUT2D eigenvalue weighted by molar-refractivity contribution is 5.96. The van der Waals surface area contributed by atoms with Crippen LogP contribution in [0.25, 0.3) is 11.3 Å². The first-order valence-corrected chi connectivity index (χ1v) is 8.79. The van der Waals surface area contributed by atoms with Gasteiger partial charge in [0, 0.05) is 17.4 Å². The van der Waals surface area contributed by atoms with Gasteiger partial charge < -0.3 is 0 Å². The van der Waals surface area contributed by atoms with Crippen molar-refractivity contribution >= 4 is 11.6 Å². The van der Waals surface area contributed by atoms with Crippen LogP contribution in [-0.4, -0.2) is 16.0 Å². The number of nitrogens with zero attached hydrogens (tertiary/aromatic N) is 3. The molecule has 1 saturated carbocycles. The lowest BCUT2D eigenvalue weighted by Gasteiger charge is -2.25. The second-order valence-corrected chi connectivity index (χ2v) is 7.17. The molecule has 3 aliphatic carbocycles. The minimum Gasteiger partial charge on any atom is -0.298 e. The molecule has 3 aliphatic rings. The molecule has 5 nitrogen and oxygen atoms in total. The highest BCUT2D eigenvalue weighted by Crippen LogP contribution is 2.73. The number of hydrogen-bond acceptors (Lipinski definition) is 4. The number of aromatic nitrogens is 2. The van der Waals surface area contributed by atoms with Crippen molar-refractivity contribution in [3.8, 4) is 11.3 Å². The summed E-state index contributed by atoms with van der Waals surface area (Å²) in [6.07, 6.45) is 11.2. The summed E-state index contributed by atoms with van der Waals surface area (Å²) in [6, 6.07) is 10.0. The van der Waals surface area contributed by atoms with E-state index in [9.17, 15) is 4.79 Å². The van der Waals surface area contributed by atoms with E-state index in [0.29, 0.717) is 12.2 Å². The molecule has 0 amide bonds. The van der Waals surface area contributed by atoms with Crippen LogP contribution in [0.4, 0.5) is 5.82 Å². The number of H-pyrrole nitrogens is 1. The van der Waals surface area contributed by atoms with Gasteiger partial charge in [0.1, 0.15) is 5.78 Å². The second kappa shape index (κ2) is 5.21. The molecule has 1 aromatic carbocycles. The molecule has 0 radical (unpaired) electrons. The lowest BCUT2D eigenvalue weighted by atomic mass is 9.78. The van der Waals surface area contributed by atoms with Gasteiger partial charge in [0.05, 0.1) is 16.8 Å². The van der Waals surface area contributed by atoms with Gasteiger partial charge in [0.2, 0.25) is 0 Å². The first kappa shape index (κ1) is 15.2. The fourth-order valence-corrected chi connectivity index (χ4v) is 4.25. The molecule has 1 aromatic heterocycles. The molecule has 5 rings (SSSR count). The Morgan fingerprint density at radius 3 is 2.65 bits per heavy atom. The molecule has 5 heteroatoms. The molecule has 0 saturated heterocycles. The summed E-state index contributed by atoms with van der Waals surface area (Å²) in [6.45, 7) is 1.99. The first-order chi connectivity index (χ1) is 12.7. The molecule has 2 unspecified atom stereocenters. The van der Waals surface area contributed by atoms with Gasteiger partial charge in [-0.1, -0.05) is 60.7 Å². The predicted octanol–water partition coefficient (Wildman–Crippen LogP) is 4.83. The summed E-state index contributed by atoms with van der Waals surface area (Å²) in [5.74, 6) is 0.860. The van der Waals surface area contributed by atoms with Crippen LogP contribution in [-0.2, 0) is 4.79 Å². The monoisotopic (exact) mass is 342 g/mol.